The largest absolute Gasteiger partial charge is 0.326 e. The number of carbonyl (C=O) groups excluding carboxylic acids is 1. The van der Waals surface area contributed by atoms with Gasteiger partial charge in [-0.3, -0.25) is 14.8 Å². The molecule has 0 atom stereocenters. The maximum atomic E-state index is 13.6. The van der Waals surface area contributed by atoms with Crippen LogP contribution in [-0.2, 0) is 13.6 Å². The van der Waals surface area contributed by atoms with E-state index in [0.29, 0.717) is 17.8 Å². The Hall–Kier alpha value is -3.48. The van der Waals surface area contributed by atoms with Gasteiger partial charge in [0.05, 0.1) is 12.2 Å². The van der Waals surface area contributed by atoms with Gasteiger partial charge in [-0.1, -0.05) is 23.8 Å². The number of amides is 1. The van der Waals surface area contributed by atoms with E-state index in [-0.39, 0.29) is 17.7 Å². The first-order valence-corrected chi connectivity index (χ1v) is 9.27. The highest BCUT2D eigenvalue weighted by molar-refractivity contribution is 6.10. The van der Waals surface area contributed by atoms with Crippen molar-refractivity contribution in [2.75, 3.05) is 5.32 Å². The van der Waals surface area contributed by atoms with Crippen LogP contribution < -0.4 is 10.6 Å². The normalized spacial score (nSPS) is 11.4. The molecule has 2 N–H and O–H groups in total. The fourth-order valence-corrected chi connectivity index (χ4v) is 2.98. The van der Waals surface area contributed by atoms with Crippen LogP contribution in [0.2, 0.25) is 0 Å². The Labute approximate surface area is 169 Å². The highest BCUT2D eigenvalue weighted by atomic mass is 19.1. The summed E-state index contributed by atoms with van der Waals surface area (Å²) in [7, 11) is 1.88. The summed E-state index contributed by atoms with van der Waals surface area (Å²) in [6.07, 6.45) is 0. The Morgan fingerprint density at radius 3 is 2.55 bits per heavy atom. The van der Waals surface area contributed by atoms with Crippen LogP contribution in [0.15, 0.2) is 53.5 Å². The van der Waals surface area contributed by atoms with Gasteiger partial charge in [0, 0.05) is 29.6 Å². The number of halogens is 1. The van der Waals surface area contributed by atoms with Crippen LogP contribution in [0.4, 0.5) is 10.1 Å². The van der Waals surface area contributed by atoms with Gasteiger partial charge < -0.3 is 5.32 Å². The third kappa shape index (κ3) is 5.07. The van der Waals surface area contributed by atoms with E-state index in [1.807, 2.05) is 40.0 Å². The molecular weight excluding hydrogens is 369 g/mol. The van der Waals surface area contributed by atoms with Crippen LogP contribution in [-0.4, -0.2) is 21.6 Å². The summed E-state index contributed by atoms with van der Waals surface area (Å²) in [4.78, 5) is 17.2. The fourth-order valence-electron chi connectivity index (χ4n) is 2.98. The van der Waals surface area contributed by atoms with Crippen LogP contribution in [0.1, 0.15) is 32.9 Å². The number of rotatable bonds is 4. The molecule has 29 heavy (non-hydrogen) atoms. The molecule has 7 heteroatoms. The minimum Gasteiger partial charge on any atom is -0.326 e. The number of nitrogens with one attached hydrogen (secondary N) is 2. The minimum atomic E-state index is -0.377. The van der Waals surface area contributed by atoms with Crippen molar-refractivity contribution >= 4 is 17.6 Å². The molecule has 0 saturated heterocycles. The Bertz CT molecular complexity index is 1070. The molecule has 1 amide bonds. The molecule has 0 spiro atoms. The lowest BCUT2D eigenvalue weighted by Gasteiger charge is -2.12. The van der Waals surface area contributed by atoms with Crippen molar-refractivity contribution in [1.29, 1.82) is 0 Å². The van der Waals surface area contributed by atoms with Crippen molar-refractivity contribution in [2.24, 2.45) is 12.0 Å². The van der Waals surface area contributed by atoms with E-state index in [1.54, 1.807) is 28.9 Å². The number of benzene rings is 2. The monoisotopic (exact) mass is 393 g/mol. The summed E-state index contributed by atoms with van der Waals surface area (Å²) in [6.45, 7) is 6.14. The van der Waals surface area contributed by atoms with Gasteiger partial charge in [0.25, 0.3) is 5.91 Å². The number of guanidine groups is 1. The molecule has 0 saturated carbocycles. The number of nitrogens with zero attached hydrogens (tertiary/aromatic N) is 3. The summed E-state index contributed by atoms with van der Waals surface area (Å²) < 4.78 is 15.4. The second-order valence-electron chi connectivity index (χ2n) is 6.90. The number of hydrogen-bond donors (Lipinski definition) is 2. The quantitative estimate of drug-likeness (QED) is 0.522. The zero-order chi connectivity index (χ0) is 21.0. The second-order valence-corrected chi connectivity index (χ2v) is 6.90. The molecule has 6 nitrogen and oxygen atoms in total. The lowest BCUT2D eigenvalue weighted by molar-refractivity contribution is 0.0977. The number of aromatic nitrogens is 2. The molecule has 0 unspecified atom stereocenters. The third-order valence-electron chi connectivity index (χ3n) is 4.65. The van der Waals surface area contributed by atoms with Crippen LogP contribution in [0.25, 0.3) is 0 Å². The Balaban J connectivity index is 1.87. The average Bonchev–Trinajstić information content (AvgIpc) is 2.91. The van der Waals surface area contributed by atoms with Crippen molar-refractivity contribution < 1.29 is 9.18 Å². The van der Waals surface area contributed by atoms with Crippen molar-refractivity contribution in [1.82, 2.24) is 15.1 Å². The zero-order valence-corrected chi connectivity index (χ0v) is 17.0. The second kappa shape index (κ2) is 8.68. The van der Waals surface area contributed by atoms with Crippen molar-refractivity contribution in [2.45, 2.75) is 27.3 Å². The maximum absolute atomic E-state index is 13.6. The summed E-state index contributed by atoms with van der Waals surface area (Å²) >= 11 is 0. The van der Waals surface area contributed by atoms with Crippen molar-refractivity contribution in [3.63, 3.8) is 0 Å². The molecule has 1 heterocycles. The predicted molar refractivity (Wildman–Crippen MR) is 112 cm³/mol. The standard InChI is InChI=1S/C22H24FN5O/c1-14-7-5-8-17(11-14)21(29)26-22(25-19-10-6-9-18(23)12-19)24-13-20-15(2)27-28(4)16(20)3/h5-12H,13H2,1-4H3,(H2,24,25,26,29). The predicted octanol–water partition coefficient (Wildman–Crippen LogP) is 3.88. The maximum Gasteiger partial charge on any atom is 0.257 e. The summed E-state index contributed by atoms with van der Waals surface area (Å²) in [6, 6.07) is 13.3. The van der Waals surface area contributed by atoms with Crippen molar-refractivity contribution in [3.8, 4) is 0 Å². The topological polar surface area (TPSA) is 71.3 Å². The van der Waals surface area contributed by atoms with E-state index in [1.165, 1.54) is 12.1 Å². The summed E-state index contributed by atoms with van der Waals surface area (Å²) in [5, 5.41) is 10.2. The minimum absolute atomic E-state index is 0.241. The van der Waals surface area contributed by atoms with Crippen LogP contribution in [0, 0.1) is 26.6 Å². The molecular formula is C22H24FN5O. The number of carbonyl (C=O) groups is 1. The van der Waals surface area contributed by atoms with E-state index in [9.17, 15) is 9.18 Å². The first-order valence-electron chi connectivity index (χ1n) is 9.27. The Kier molecular flexibility index (Phi) is 6.07. The first kappa shape index (κ1) is 20.3. The molecule has 0 bridgehead atoms. The van der Waals surface area contributed by atoms with Gasteiger partial charge in [0.1, 0.15) is 5.82 Å². The number of aliphatic imine (C=N–C) groups is 1. The van der Waals surface area contributed by atoms with E-state index >= 15 is 0 Å². The van der Waals surface area contributed by atoms with E-state index in [0.717, 1.165) is 22.5 Å². The summed E-state index contributed by atoms with van der Waals surface area (Å²) in [5.74, 6) is -0.431. The van der Waals surface area contributed by atoms with E-state index < -0.39 is 0 Å². The molecule has 0 radical (unpaired) electrons. The number of aryl methyl sites for hydroxylation is 3. The Morgan fingerprint density at radius 1 is 1.14 bits per heavy atom. The van der Waals surface area contributed by atoms with Crippen LogP contribution in [0.3, 0.4) is 0 Å². The first-order chi connectivity index (χ1) is 13.8. The van der Waals surface area contributed by atoms with Crippen LogP contribution in [0.5, 0.6) is 0 Å². The zero-order valence-electron chi connectivity index (χ0n) is 17.0. The number of anilines is 1. The molecule has 0 fully saturated rings. The highest BCUT2D eigenvalue weighted by Gasteiger charge is 2.12. The lowest BCUT2D eigenvalue weighted by Crippen LogP contribution is -2.36. The molecule has 0 aliphatic heterocycles. The van der Waals surface area contributed by atoms with E-state index in [4.69, 9.17) is 0 Å². The molecule has 0 aliphatic carbocycles. The fraction of sp³-hybridized carbons (Fsp3) is 0.227. The molecule has 150 valence electrons. The lowest BCUT2D eigenvalue weighted by atomic mass is 10.1. The van der Waals surface area contributed by atoms with Gasteiger partial charge in [0.15, 0.2) is 0 Å². The van der Waals surface area contributed by atoms with Crippen molar-refractivity contribution in [3.05, 3.63) is 82.4 Å². The molecule has 2 aromatic carbocycles. The molecule has 0 aliphatic rings. The highest BCUT2D eigenvalue weighted by Crippen LogP contribution is 2.14. The SMILES string of the molecule is Cc1cccc(C(=O)NC(=NCc2c(C)nn(C)c2C)Nc2cccc(F)c2)c1. The van der Waals surface area contributed by atoms with Gasteiger partial charge in [-0.25, -0.2) is 9.38 Å². The van der Waals surface area contributed by atoms with E-state index in [2.05, 4.69) is 20.7 Å². The van der Waals surface area contributed by atoms with Gasteiger partial charge in [-0.05, 0) is 51.1 Å². The van der Waals surface area contributed by atoms with Gasteiger partial charge in [0.2, 0.25) is 5.96 Å². The third-order valence-corrected chi connectivity index (χ3v) is 4.65. The molecule has 3 rings (SSSR count). The number of hydrogen-bond acceptors (Lipinski definition) is 3. The average molecular weight is 393 g/mol. The van der Waals surface area contributed by atoms with Crippen LogP contribution >= 0.6 is 0 Å². The molecule has 1 aromatic heterocycles. The Morgan fingerprint density at radius 2 is 1.90 bits per heavy atom. The van der Waals surface area contributed by atoms with Gasteiger partial charge in [-0.15, -0.1) is 0 Å². The van der Waals surface area contributed by atoms with Gasteiger partial charge in [-0.2, -0.15) is 5.10 Å². The molecule has 3 aromatic rings. The smallest absolute Gasteiger partial charge is 0.257 e. The van der Waals surface area contributed by atoms with Gasteiger partial charge >= 0.3 is 0 Å². The summed E-state index contributed by atoms with van der Waals surface area (Å²) in [5.41, 5.74) is 4.86.